The quantitative estimate of drug-likeness (QED) is 0.0323. The number of nitrogens with zero attached hydrogens (tertiary/aromatic N) is 10. The van der Waals surface area contributed by atoms with Gasteiger partial charge in [0.25, 0.3) is 27.8 Å². The van der Waals surface area contributed by atoms with Crippen LogP contribution in [0.15, 0.2) is 47.9 Å². The summed E-state index contributed by atoms with van der Waals surface area (Å²) < 4.78 is 61.7. The van der Waals surface area contributed by atoms with Crippen LogP contribution in [0.25, 0.3) is 51.7 Å². The molecule has 55 heteroatoms. The molecule has 6 aliphatic heterocycles. The number of carbonyl (C=O) groups is 3. The number of aliphatic hydroxyl groups excluding tert-OH is 6. The fraction of sp³-hybridized carbons (Fsp3) is 0.600. The Morgan fingerprint density at radius 3 is 0.928 bits per heavy atom. The number of aliphatic hydroxyl groups is 6. The molecule has 16 rings (SSSR count). The van der Waals surface area contributed by atoms with Crippen LogP contribution in [0.5, 0.6) is 0 Å². The number of fused-ring (bicyclic) bond motifs is 5. The lowest BCUT2D eigenvalue weighted by molar-refractivity contribution is -0.194. The molecule has 684 valence electrons. The van der Waals surface area contributed by atoms with Crippen molar-refractivity contribution in [1.82, 2.24) is 72.7 Å². The van der Waals surface area contributed by atoms with Gasteiger partial charge in [0.05, 0.1) is 56.4 Å². The Kier molecular flexibility index (Phi) is 30.2. The maximum atomic E-state index is 12.4. The van der Waals surface area contributed by atoms with Crippen molar-refractivity contribution in [2.75, 3.05) is 48.5 Å². The zero-order valence-corrected chi connectivity index (χ0v) is 73.9. The number of nitrogens with one attached hydrogen (secondary N) is 5. The van der Waals surface area contributed by atoms with Crippen LogP contribution in [0.4, 0.5) is 29.7 Å². The second kappa shape index (κ2) is 39.5. The summed E-state index contributed by atoms with van der Waals surface area (Å²) in [6.07, 6.45) is -7.29. The van der Waals surface area contributed by atoms with Gasteiger partial charge < -0.3 is 106 Å². The fourth-order valence-electron chi connectivity index (χ4n) is 13.9. The number of aromatic amines is 5. The predicted molar refractivity (Wildman–Crippen MR) is 456 cm³/mol. The van der Waals surface area contributed by atoms with E-state index in [4.69, 9.17) is 85.9 Å². The van der Waals surface area contributed by atoms with Gasteiger partial charge in [0.15, 0.2) is 73.8 Å². The molecule has 0 bridgehead atoms. The number of hydrogen-bond donors (Lipinski definition) is 16. The Labute approximate surface area is 722 Å². The van der Waals surface area contributed by atoms with Gasteiger partial charge in [-0.2, -0.15) is 24.9 Å². The highest BCUT2D eigenvalue weighted by atomic mass is 32.1. The highest BCUT2D eigenvalue weighted by Gasteiger charge is 2.46. The SMILES string of the molecule is CC(C)(C)[Si](C)(C)OC[C@@H]1C[C@@H](O)[C@H](n2c(=O)sc3c(=O)[nH]c(N)nc32)O1.CC[C@@H]1C[C@@H](O)[C@H](n2c(=O)sc3c(=O)[nH]c(N)nc32)O1.CC[C@@H]1C[C@@H](OC(C)=O)C(OC(C)=O)O1.CC[C@@H]1C[C@@H](OC(C)=O)[C@H](n2c(=O)sc3c(=O)[nH]c(N)nc32)O1.Nc1nc2c(sc(=O)n2[C@@H]2O[C@H](CO)C[C@H]2O)c(=O)[nH]1.Nc1nc2c(sc(=O)n2[C@@H]2O[C@H](CO)C[C@H]2O)c(=O)[nH]1. The first-order valence-electron chi connectivity index (χ1n) is 38.9. The van der Waals surface area contributed by atoms with Crippen molar-refractivity contribution < 1.29 is 92.1 Å². The topological polar surface area (TPSA) is 734 Å². The van der Waals surface area contributed by atoms with Crippen LogP contribution in [0.2, 0.25) is 18.1 Å². The molecule has 21 N–H and O–H groups in total. The fourth-order valence-corrected chi connectivity index (χ4v) is 19.1. The summed E-state index contributed by atoms with van der Waals surface area (Å²) in [7, 11) is -1.95. The van der Waals surface area contributed by atoms with E-state index < -0.39 is 165 Å². The first kappa shape index (κ1) is 95.6. The van der Waals surface area contributed by atoms with Gasteiger partial charge in [-0.05, 0) is 37.4 Å². The molecule has 10 aromatic heterocycles. The summed E-state index contributed by atoms with van der Waals surface area (Å²) in [5.41, 5.74) is 25.7. The van der Waals surface area contributed by atoms with E-state index in [0.717, 1.165) is 56.0 Å². The van der Waals surface area contributed by atoms with Crippen molar-refractivity contribution in [3.8, 4) is 0 Å². The van der Waals surface area contributed by atoms with Crippen molar-refractivity contribution in [2.45, 2.75) is 249 Å². The van der Waals surface area contributed by atoms with Crippen LogP contribution < -0.4 is 80.8 Å². The van der Waals surface area contributed by atoms with Crippen molar-refractivity contribution in [3.63, 3.8) is 0 Å². The van der Waals surface area contributed by atoms with Crippen molar-refractivity contribution >= 4 is 164 Å². The lowest BCUT2D eigenvalue weighted by atomic mass is 10.1. The first-order chi connectivity index (χ1) is 58.9. The third-order valence-corrected chi connectivity index (χ3v) is 30.0. The third-order valence-electron chi connectivity index (χ3n) is 20.8. The maximum Gasteiger partial charge on any atom is 0.311 e. The van der Waals surface area contributed by atoms with Gasteiger partial charge in [0.2, 0.25) is 36.0 Å². The zero-order valence-electron chi connectivity index (χ0n) is 68.9. The highest BCUT2D eigenvalue weighted by molar-refractivity contribution is 7.17. The van der Waals surface area contributed by atoms with E-state index in [1.165, 1.54) is 34.5 Å². The largest absolute Gasteiger partial charge is 0.458 e. The molecule has 10 aromatic rings. The molecule has 0 saturated carbocycles. The second-order valence-electron chi connectivity index (χ2n) is 30.8. The molecule has 6 fully saturated rings. The van der Waals surface area contributed by atoms with Crippen molar-refractivity contribution in [1.29, 1.82) is 0 Å². The summed E-state index contributed by atoms with van der Waals surface area (Å²) in [4.78, 5) is 182. The molecular formula is C70H96N20O29S5Si. The molecule has 16 heterocycles. The molecular weight excluding hydrogens is 1770 g/mol. The Balaban J connectivity index is 0.000000147. The minimum absolute atomic E-state index is 0.0151. The molecule has 0 amide bonds. The Hall–Kier alpha value is -10.0. The molecule has 6 saturated heterocycles. The molecule has 49 nitrogen and oxygen atoms in total. The normalized spacial score (nSPS) is 25.9. The minimum Gasteiger partial charge on any atom is -0.458 e. The van der Waals surface area contributed by atoms with Gasteiger partial charge >= 0.3 is 42.3 Å². The number of thiazole rings is 5. The van der Waals surface area contributed by atoms with E-state index in [1.54, 1.807) is 0 Å². The number of rotatable bonds is 16. The smallest absolute Gasteiger partial charge is 0.311 e. The standard InChI is InChI=1S/C16H26N4O5SSi.C13H16N4O5S.C11H14N4O4S.2C10H12N4O5S.C10H16O5/c1-16(2,3)27(4,5)24-7-8-6-9(21)13(25-8)20-11-10(26-15(20)23)12(22)19-14(17)18-11;1-3-6-4-7(21-5(2)18)11(22-6)17-9-8(23-13(17)20)10(19)16-12(14)15-9;1-2-4-3-5(16)9(19-4)15-7-6(20-11(15)18)8(17)14-10(12)13-7;2*11-9-12-6-5(7(17)13-9)20-10(18)14(6)8-4(16)1-3(2-15)19-8;1-4-8-5-9(13-6(2)11)10(15-8)14-7(3)12/h8-9,13,21H,6-7H2,1-5H3,(H3,17,18,19,22);6-7,11H,3-4H2,1-2H3,(H3,14,15,16,19);4-5,9,16H,2-3H2,1H3,(H3,12,13,14,17);2*3-4,8,15-16H,1-2H2,(H3,11,12,13,17);8-10H,4-5H2,1-3H3/t8-,9+,13+;6-,7-,11-;4-,5-,9-;2*3-,4+,8+;8-,9-,10?/m011001/s1. The highest BCUT2D eigenvalue weighted by Crippen LogP contribution is 2.40. The Bertz CT molecular complexity index is 5920. The molecule has 0 aliphatic carbocycles. The number of carbonyl (C=O) groups excluding carboxylic acids is 3. The average molecular weight is 1870 g/mol. The van der Waals surface area contributed by atoms with E-state index in [2.05, 4.69) is 83.7 Å². The van der Waals surface area contributed by atoms with Gasteiger partial charge in [-0.15, -0.1) is 0 Å². The summed E-state index contributed by atoms with van der Waals surface area (Å²) in [6.45, 7) is 20.3. The number of aromatic nitrogens is 15. The molecule has 18 atom stereocenters. The zero-order chi connectivity index (χ0) is 91.6. The van der Waals surface area contributed by atoms with Crippen LogP contribution in [0.1, 0.15) is 151 Å². The van der Waals surface area contributed by atoms with Gasteiger partial charge in [-0.3, -0.25) is 110 Å². The Morgan fingerprint density at radius 1 is 0.400 bits per heavy atom. The molecule has 0 spiro atoms. The van der Waals surface area contributed by atoms with Crippen molar-refractivity contribution in [2.24, 2.45) is 0 Å². The second-order valence-corrected chi connectivity index (χ2v) is 40.4. The van der Waals surface area contributed by atoms with Gasteiger partial charge in [-0.25, -0.2) is 0 Å². The third kappa shape index (κ3) is 21.3. The average Bonchev–Trinajstić information content (AvgIpc) is 1.63. The first-order valence-corrected chi connectivity index (χ1v) is 45.9. The molecule has 1 unspecified atom stereocenters. The number of nitrogens with two attached hydrogens (primary N) is 5. The minimum atomic E-state index is -1.95. The molecule has 6 aliphatic rings. The van der Waals surface area contributed by atoms with Gasteiger partial charge in [-0.1, -0.05) is 98.2 Å². The number of esters is 3. The number of ether oxygens (including phenoxy) is 9. The summed E-state index contributed by atoms with van der Waals surface area (Å²) in [5.74, 6) is -1.80. The summed E-state index contributed by atoms with van der Waals surface area (Å²) in [6, 6.07) is 0. The van der Waals surface area contributed by atoms with Gasteiger partial charge in [0.1, 0.15) is 54.0 Å². The molecule has 0 radical (unpaired) electrons. The Morgan fingerprint density at radius 2 is 0.648 bits per heavy atom. The number of H-pyrrole nitrogens is 5. The van der Waals surface area contributed by atoms with Crippen LogP contribution in [-0.4, -0.2) is 229 Å². The maximum absolute atomic E-state index is 12.4. The number of hydrogen-bond acceptors (Lipinski definition) is 44. The van der Waals surface area contributed by atoms with Crippen LogP contribution >= 0.6 is 56.7 Å². The number of nitrogen functional groups attached to an aromatic ring is 5. The van der Waals surface area contributed by atoms with Crippen LogP contribution in [0, 0.1) is 0 Å². The lowest BCUT2D eigenvalue weighted by Crippen LogP contribution is -2.42. The summed E-state index contributed by atoms with van der Waals surface area (Å²) in [5, 5.41) is 58.6. The van der Waals surface area contributed by atoms with E-state index in [9.17, 15) is 82.8 Å². The van der Waals surface area contributed by atoms with E-state index >= 15 is 0 Å². The monoisotopic (exact) mass is 1870 g/mol. The van der Waals surface area contributed by atoms with Gasteiger partial charge in [0, 0.05) is 59.3 Å². The van der Waals surface area contributed by atoms with Crippen LogP contribution in [0.3, 0.4) is 0 Å². The van der Waals surface area contributed by atoms with E-state index in [0.29, 0.717) is 61.4 Å². The molecule has 0 aromatic carbocycles. The van der Waals surface area contributed by atoms with Crippen LogP contribution in [-0.2, 0) is 61.4 Å². The lowest BCUT2D eigenvalue weighted by Gasteiger charge is -2.36. The van der Waals surface area contributed by atoms with E-state index in [1.807, 2.05) is 20.8 Å². The number of anilines is 5. The predicted octanol–water partition coefficient (Wildman–Crippen LogP) is -0.712. The van der Waals surface area contributed by atoms with Crippen molar-refractivity contribution in [3.05, 3.63) is 100 Å². The molecule has 125 heavy (non-hydrogen) atoms. The summed E-state index contributed by atoms with van der Waals surface area (Å²) >= 11 is 3.68. The van der Waals surface area contributed by atoms with E-state index in [-0.39, 0.29) is 137 Å².